The minimum atomic E-state index is -0.567. The van der Waals surface area contributed by atoms with Crippen LogP contribution in [0, 0.1) is 11.8 Å². The van der Waals surface area contributed by atoms with Gasteiger partial charge in [-0.1, -0.05) is 90.4 Å². The Bertz CT molecular complexity index is 268. The number of hydrogen-bond acceptors (Lipinski definition) is 1. The molecule has 0 aromatic rings. The van der Waals surface area contributed by atoms with Crippen molar-refractivity contribution in [2.75, 3.05) is 0 Å². The Morgan fingerprint density at radius 3 is 2.00 bits per heavy atom. The van der Waals surface area contributed by atoms with Crippen LogP contribution in [-0.4, -0.2) is 11.1 Å². The molecule has 0 amide bonds. The van der Waals surface area contributed by atoms with E-state index in [1.165, 1.54) is 77.0 Å². The predicted octanol–water partition coefficient (Wildman–Crippen LogP) is 6.19. The maximum absolute atomic E-state index is 11.0. The van der Waals surface area contributed by atoms with Gasteiger partial charge in [0.05, 0.1) is 5.92 Å². The summed E-state index contributed by atoms with van der Waals surface area (Å²) in [4.78, 5) is 11.0. The van der Waals surface area contributed by atoms with Gasteiger partial charge in [-0.3, -0.25) is 4.79 Å². The van der Waals surface area contributed by atoms with Crippen molar-refractivity contribution in [1.82, 2.24) is 0 Å². The van der Waals surface area contributed by atoms with E-state index in [1.807, 2.05) is 0 Å². The first kappa shape index (κ1) is 22.2. The maximum Gasteiger partial charge on any atom is 0.306 e. The molecular weight excluding hydrogens is 356 g/mol. The van der Waals surface area contributed by atoms with Crippen LogP contribution in [-0.2, 0) is 25.9 Å². The maximum atomic E-state index is 11.0. The molecule has 0 aromatic heterocycles. The van der Waals surface area contributed by atoms with Crippen LogP contribution in [0.5, 0.6) is 0 Å². The van der Waals surface area contributed by atoms with Gasteiger partial charge in [0.2, 0.25) is 0 Å². The van der Waals surface area contributed by atoms with Crippen LogP contribution in [0.2, 0.25) is 0 Å². The van der Waals surface area contributed by atoms with Crippen LogP contribution in [0.4, 0.5) is 0 Å². The Labute approximate surface area is 152 Å². The molecule has 0 spiro atoms. The van der Waals surface area contributed by atoms with Crippen molar-refractivity contribution in [2.45, 2.75) is 103 Å². The predicted molar refractivity (Wildman–Crippen MR) is 89.5 cm³/mol. The Balaban J connectivity index is 0.00000441. The SMILES string of the molecule is CCCCCCCCCCCCC1CCCC(C(=O)O)C1.[Mo]. The van der Waals surface area contributed by atoms with E-state index in [4.69, 9.17) is 5.11 Å². The van der Waals surface area contributed by atoms with Gasteiger partial charge in [-0.2, -0.15) is 0 Å². The number of carboxylic acid groups (broad SMARTS) is 1. The van der Waals surface area contributed by atoms with E-state index in [-0.39, 0.29) is 27.0 Å². The zero-order valence-electron chi connectivity index (χ0n) is 14.5. The van der Waals surface area contributed by atoms with Gasteiger partial charge in [-0.15, -0.1) is 0 Å². The smallest absolute Gasteiger partial charge is 0.306 e. The van der Waals surface area contributed by atoms with Crippen LogP contribution in [0.1, 0.15) is 103 Å². The number of hydrogen-bond donors (Lipinski definition) is 1. The first-order valence-corrected chi connectivity index (χ1v) is 9.46. The standard InChI is InChI=1S/C19H36O2.Mo/c1-2-3-4-5-6-7-8-9-10-11-13-17-14-12-15-18(16-17)19(20)21;/h17-18H,2-16H2,1H3,(H,20,21);. The van der Waals surface area contributed by atoms with Crippen molar-refractivity contribution >= 4 is 5.97 Å². The Morgan fingerprint density at radius 2 is 1.45 bits per heavy atom. The van der Waals surface area contributed by atoms with Crippen LogP contribution < -0.4 is 0 Å². The summed E-state index contributed by atoms with van der Waals surface area (Å²) in [5.74, 6) is 0.0727. The van der Waals surface area contributed by atoms with Gasteiger partial charge in [0.25, 0.3) is 0 Å². The summed E-state index contributed by atoms with van der Waals surface area (Å²) in [6.07, 6.45) is 19.3. The molecule has 1 fully saturated rings. The summed E-state index contributed by atoms with van der Waals surface area (Å²) in [7, 11) is 0. The fourth-order valence-electron chi connectivity index (χ4n) is 3.70. The minimum absolute atomic E-state index is 0. The Hall–Kier alpha value is 0.158. The molecule has 0 saturated heterocycles. The van der Waals surface area contributed by atoms with E-state index in [0.717, 1.165) is 19.3 Å². The molecule has 0 aromatic carbocycles. The normalized spacial score (nSPS) is 21.3. The average molecular weight is 392 g/mol. The average Bonchev–Trinajstić information content (AvgIpc) is 2.49. The summed E-state index contributed by atoms with van der Waals surface area (Å²) >= 11 is 0. The van der Waals surface area contributed by atoms with Gasteiger partial charge < -0.3 is 5.11 Å². The topological polar surface area (TPSA) is 37.3 Å². The molecule has 0 bridgehead atoms. The molecule has 0 radical (unpaired) electrons. The molecule has 1 N–H and O–H groups in total. The van der Waals surface area contributed by atoms with E-state index >= 15 is 0 Å². The number of carbonyl (C=O) groups is 1. The Morgan fingerprint density at radius 1 is 0.909 bits per heavy atom. The van der Waals surface area contributed by atoms with E-state index in [1.54, 1.807) is 0 Å². The summed E-state index contributed by atoms with van der Waals surface area (Å²) in [5, 5.41) is 9.10. The van der Waals surface area contributed by atoms with Gasteiger partial charge in [-0.25, -0.2) is 0 Å². The van der Waals surface area contributed by atoms with Gasteiger partial charge in [0, 0.05) is 21.1 Å². The third kappa shape index (κ3) is 10.8. The van der Waals surface area contributed by atoms with E-state index in [2.05, 4.69) is 6.92 Å². The largest absolute Gasteiger partial charge is 0.481 e. The molecule has 1 aliphatic rings. The summed E-state index contributed by atoms with van der Waals surface area (Å²) < 4.78 is 0. The van der Waals surface area contributed by atoms with Crippen molar-refractivity contribution in [3.63, 3.8) is 0 Å². The minimum Gasteiger partial charge on any atom is -0.481 e. The molecule has 1 saturated carbocycles. The molecule has 2 nitrogen and oxygen atoms in total. The number of aliphatic carboxylic acids is 1. The van der Waals surface area contributed by atoms with Crippen LogP contribution >= 0.6 is 0 Å². The van der Waals surface area contributed by atoms with Gasteiger partial charge in [0.1, 0.15) is 0 Å². The van der Waals surface area contributed by atoms with Gasteiger partial charge in [0.15, 0.2) is 0 Å². The van der Waals surface area contributed by atoms with Crippen molar-refractivity contribution in [1.29, 1.82) is 0 Å². The first-order chi connectivity index (χ1) is 10.2. The van der Waals surface area contributed by atoms with Crippen molar-refractivity contribution in [2.24, 2.45) is 11.8 Å². The second-order valence-corrected chi connectivity index (χ2v) is 7.04. The molecule has 3 heteroatoms. The molecule has 0 aliphatic heterocycles. The fourth-order valence-corrected chi connectivity index (χ4v) is 3.70. The number of unbranched alkanes of at least 4 members (excludes halogenated alkanes) is 9. The number of rotatable bonds is 12. The van der Waals surface area contributed by atoms with E-state index in [0.29, 0.717) is 5.92 Å². The van der Waals surface area contributed by atoms with Gasteiger partial charge >= 0.3 is 5.97 Å². The van der Waals surface area contributed by atoms with Crippen molar-refractivity contribution < 1.29 is 31.0 Å². The molecule has 22 heavy (non-hydrogen) atoms. The molecule has 130 valence electrons. The summed E-state index contributed by atoms with van der Waals surface area (Å²) in [5.41, 5.74) is 0. The molecule has 1 rings (SSSR count). The van der Waals surface area contributed by atoms with E-state index < -0.39 is 5.97 Å². The van der Waals surface area contributed by atoms with Crippen LogP contribution in [0.3, 0.4) is 0 Å². The summed E-state index contributed by atoms with van der Waals surface area (Å²) in [6.45, 7) is 2.27. The summed E-state index contributed by atoms with van der Waals surface area (Å²) in [6, 6.07) is 0. The molecular formula is C19H36MoO2. The first-order valence-electron chi connectivity index (χ1n) is 9.46. The zero-order valence-corrected chi connectivity index (χ0v) is 16.5. The van der Waals surface area contributed by atoms with Crippen molar-refractivity contribution in [3.05, 3.63) is 0 Å². The quantitative estimate of drug-likeness (QED) is 0.318. The van der Waals surface area contributed by atoms with Crippen LogP contribution in [0.15, 0.2) is 0 Å². The third-order valence-corrected chi connectivity index (χ3v) is 5.10. The Kier molecular flexibility index (Phi) is 14.8. The van der Waals surface area contributed by atoms with Crippen LogP contribution in [0.25, 0.3) is 0 Å². The third-order valence-electron chi connectivity index (χ3n) is 5.10. The molecule has 2 atom stereocenters. The van der Waals surface area contributed by atoms with Gasteiger partial charge in [-0.05, 0) is 18.8 Å². The number of carboxylic acids is 1. The van der Waals surface area contributed by atoms with E-state index in [9.17, 15) is 4.79 Å². The second-order valence-electron chi connectivity index (χ2n) is 7.04. The molecule has 0 heterocycles. The van der Waals surface area contributed by atoms with Crippen molar-refractivity contribution in [3.8, 4) is 0 Å². The molecule has 2 unspecified atom stereocenters. The fraction of sp³-hybridized carbons (Fsp3) is 0.947. The second kappa shape index (κ2) is 14.7. The monoisotopic (exact) mass is 394 g/mol. The zero-order chi connectivity index (χ0) is 15.3. The molecule has 1 aliphatic carbocycles.